The second-order valence-electron chi connectivity index (χ2n) is 7.67. The molecular formula is C19H28N2O4S. The number of hydrogen-bond donors (Lipinski definition) is 2. The van der Waals surface area contributed by atoms with Crippen molar-refractivity contribution in [2.75, 3.05) is 19.8 Å². The highest BCUT2D eigenvalue weighted by atomic mass is 32.1. The maximum atomic E-state index is 12.8. The summed E-state index contributed by atoms with van der Waals surface area (Å²) in [6.07, 6.45) is 4.33. The van der Waals surface area contributed by atoms with Gasteiger partial charge in [0.05, 0.1) is 17.5 Å². The Morgan fingerprint density at radius 3 is 2.81 bits per heavy atom. The number of nitrogens with one attached hydrogen (secondary N) is 2. The highest BCUT2D eigenvalue weighted by Gasteiger charge is 2.35. The third-order valence-electron chi connectivity index (χ3n) is 5.13. The molecule has 0 aromatic carbocycles. The van der Waals surface area contributed by atoms with E-state index in [9.17, 15) is 9.59 Å². The van der Waals surface area contributed by atoms with Gasteiger partial charge in [0.25, 0.3) is 5.91 Å². The van der Waals surface area contributed by atoms with Crippen LogP contribution in [0.1, 0.15) is 49.2 Å². The number of amides is 2. The molecule has 1 aliphatic heterocycles. The molecule has 1 saturated carbocycles. The first kappa shape index (κ1) is 19.3. The molecule has 7 heteroatoms. The Bertz CT molecular complexity index is 613. The molecule has 1 aromatic heterocycles. The molecule has 2 atom stereocenters. The summed E-state index contributed by atoms with van der Waals surface area (Å²) >= 11 is 1.36. The summed E-state index contributed by atoms with van der Waals surface area (Å²) in [6, 6.07) is 3.48. The van der Waals surface area contributed by atoms with Crippen molar-refractivity contribution in [3.8, 4) is 0 Å². The molecule has 26 heavy (non-hydrogen) atoms. The summed E-state index contributed by atoms with van der Waals surface area (Å²) in [5.74, 6) is 0.214. The quantitative estimate of drug-likeness (QED) is 0.761. The van der Waals surface area contributed by atoms with Crippen LogP contribution in [0.25, 0.3) is 0 Å². The van der Waals surface area contributed by atoms with Gasteiger partial charge in [-0.2, -0.15) is 0 Å². The first-order valence-electron chi connectivity index (χ1n) is 9.32. The fourth-order valence-electron chi connectivity index (χ4n) is 3.12. The molecule has 2 fully saturated rings. The van der Waals surface area contributed by atoms with Gasteiger partial charge in [0.2, 0.25) is 5.91 Å². The minimum absolute atomic E-state index is 0.0887. The first-order chi connectivity index (χ1) is 12.5. The van der Waals surface area contributed by atoms with Crippen molar-refractivity contribution in [2.45, 2.75) is 57.2 Å². The molecule has 2 aliphatic rings. The zero-order valence-corrected chi connectivity index (χ0v) is 16.3. The largest absolute Gasteiger partial charge is 0.379 e. The summed E-state index contributed by atoms with van der Waals surface area (Å²) in [4.78, 5) is 25.6. The maximum absolute atomic E-state index is 12.8. The average molecular weight is 381 g/mol. The summed E-state index contributed by atoms with van der Waals surface area (Å²) in [5.41, 5.74) is -1.00. The average Bonchev–Trinajstić information content (AvgIpc) is 3.09. The standard InChI is InChI=1S/C19H28N2O4S/c1-19(2,21-17(22)16-7-4-10-26-16)18(23)20-14-8-9-24-12-15(14)25-11-13-5-3-6-13/h4,7,10,13-15H,3,5-6,8-9,11-12H2,1-2H3,(H,20,23)(H,21,22)/t14-,15-/m1/s1. The van der Waals surface area contributed by atoms with E-state index in [1.807, 2.05) is 11.4 Å². The van der Waals surface area contributed by atoms with Gasteiger partial charge in [0, 0.05) is 13.2 Å². The van der Waals surface area contributed by atoms with E-state index in [0.29, 0.717) is 24.0 Å². The molecule has 6 nitrogen and oxygen atoms in total. The van der Waals surface area contributed by atoms with Crippen molar-refractivity contribution in [3.63, 3.8) is 0 Å². The van der Waals surface area contributed by atoms with E-state index in [4.69, 9.17) is 9.47 Å². The molecule has 2 heterocycles. The van der Waals surface area contributed by atoms with Gasteiger partial charge >= 0.3 is 0 Å². The van der Waals surface area contributed by atoms with Crippen molar-refractivity contribution in [1.82, 2.24) is 10.6 Å². The number of hydrogen-bond acceptors (Lipinski definition) is 5. The highest BCUT2D eigenvalue weighted by molar-refractivity contribution is 7.12. The summed E-state index contributed by atoms with van der Waals surface area (Å²) < 4.78 is 11.6. The molecule has 144 valence electrons. The van der Waals surface area contributed by atoms with Crippen LogP contribution in [0, 0.1) is 5.92 Å². The summed E-state index contributed by atoms with van der Waals surface area (Å²) in [5, 5.41) is 7.72. The van der Waals surface area contributed by atoms with Crippen LogP contribution in [0.5, 0.6) is 0 Å². The summed E-state index contributed by atoms with van der Waals surface area (Å²) in [7, 11) is 0. The lowest BCUT2D eigenvalue weighted by Gasteiger charge is -2.36. The second kappa shape index (κ2) is 8.50. The molecule has 2 amide bonds. The van der Waals surface area contributed by atoms with E-state index < -0.39 is 5.54 Å². The molecule has 1 aliphatic carbocycles. The van der Waals surface area contributed by atoms with Crippen LogP contribution in [0.15, 0.2) is 17.5 Å². The van der Waals surface area contributed by atoms with Crippen LogP contribution in [-0.2, 0) is 14.3 Å². The smallest absolute Gasteiger partial charge is 0.262 e. The van der Waals surface area contributed by atoms with Crippen LogP contribution < -0.4 is 10.6 Å². The van der Waals surface area contributed by atoms with E-state index in [0.717, 1.165) is 13.0 Å². The molecular weight excluding hydrogens is 352 g/mol. The Morgan fingerprint density at radius 2 is 2.15 bits per heavy atom. The first-order valence-corrected chi connectivity index (χ1v) is 10.2. The number of thiophene rings is 1. The van der Waals surface area contributed by atoms with E-state index in [1.54, 1.807) is 19.9 Å². The lowest BCUT2D eigenvalue weighted by molar-refractivity contribution is -0.132. The van der Waals surface area contributed by atoms with Crippen molar-refractivity contribution in [3.05, 3.63) is 22.4 Å². The Labute approximate surface area is 158 Å². The van der Waals surface area contributed by atoms with Gasteiger partial charge < -0.3 is 20.1 Å². The SMILES string of the molecule is CC(C)(NC(=O)c1cccs1)C(=O)N[C@@H]1CCOC[C@H]1OCC1CCC1. The predicted octanol–water partition coefficient (Wildman–Crippen LogP) is 2.35. The normalized spacial score (nSPS) is 23.9. The molecule has 0 bridgehead atoms. The van der Waals surface area contributed by atoms with Crippen LogP contribution in [0.4, 0.5) is 0 Å². The molecule has 0 spiro atoms. The van der Waals surface area contributed by atoms with Gasteiger partial charge in [-0.3, -0.25) is 9.59 Å². The van der Waals surface area contributed by atoms with Gasteiger partial charge in [-0.25, -0.2) is 0 Å². The van der Waals surface area contributed by atoms with Gasteiger partial charge in [-0.05, 0) is 50.5 Å². The fourth-order valence-corrected chi connectivity index (χ4v) is 3.74. The zero-order chi connectivity index (χ0) is 18.6. The van der Waals surface area contributed by atoms with Crippen molar-refractivity contribution < 1.29 is 19.1 Å². The number of carbonyl (C=O) groups excluding carboxylic acids is 2. The monoisotopic (exact) mass is 380 g/mol. The van der Waals surface area contributed by atoms with Crippen LogP contribution in [-0.4, -0.2) is 49.3 Å². The highest BCUT2D eigenvalue weighted by Crippen LogP contribution is 2.27. The van der Waals surface area contributed by atoms with Crippen LogP contribution in [0.3, 0.4) is 0 Å². The van der Waals surface area contributed by atoms with E-state index in [-0.39, 0.29) is 24.0 Å². The molecule has 2 N–H and O–H groups in total. The van der Waals surface area contributed by atoms with Gasteiger partial charge in [0.15, 0.2) is 0 Å². The number of rotatable bonds is 7. The van der Waals surface area contributed by atoms with E-state index >= 15 is 0 Å². The van der Waals surface area contributed by atoms with Crippen molar-refractivity contribution >= 4 is 23.2 Å². The molecule has 1 saturated heterocycles. The predicted molar refractivity (Wildman–Crippen MR) is 100 cm³/mol. The van der Waals surface area contributed by atoms with Gasteiger partial charge in [0.1, 0.15) is 11.6 Å². The van der Waals surface area contributed by atoms with Crippen LogP contribution >= 0.6 is 11.3 Å². The number of ether oxygens (including phenoxy) is 2. The molecule has 0 unspecified atom stereocenters. The Morgan fingerprint density at radius 1 is 1.35 bits per heavy atom. The minimum Gasteiger partial charge on any atom is -0.379 e. The third kappa shape index (κ3) is 4.84. The number of carbonyl (C=O) groups is 2. The van der Waals surface area contributed by atoms with Crippen molar-refractivity contribution in [2.24, 2.45) is 5.92 Å². The minimum atomic E-state index is -1.00. The van der Waals surface area contributed by atoms with Crippen LogP contribution in [0.2, 0.25) is 0 Å². The lowest BCUT2D eigenvalue weighted by Crippen LogP contribution is -2.60. The molecule has 3 rings (SSSR count). The van der Waals surface area contributed by atoms with E-state index in [1.165, 1.54) is 30.6 Å². The zero-order valence-electron chi connectivity index (χ0n) is 15.5. The van der Waals surface area contributed by atoms with E-state index in [2.05, 4.69) is 10.6 Å². The Hall–Kier alpha value is -1.44. The lowest BCUT2D eigenvalue weighted by atomic mass is 9.86. The maximum Gasteiger partial charge on any atom is 0.262 e. The van der Waals surface area contributed by atoms with Gasteiger partial charge in [-0.1, -0.05) is 12.5 Å². The fraction of sp³-hybridized carbons (Fsp3) is 0.684. The second-order valence-corrected chi connectivity index (χ2v) is 8.62. The Kier molecular flexibility index (Phi) is 6.32. The van der Waals surface area contributed by atoms with Crippen molar-refractivity contribution in [1.29, 1.82) is 0 Å². The Balaban J connectivity index is 1.54. The third-order valence-corrected chi connectivity index (χ3v) is 6.00. The summed E-state index contributed by atoms with van der Waals surface area (Å²) in [6.45, 7) is 5.28. The molecule has 1 aromatic rings. The topological polar surface area (TPSA) is 76.7 Å². The molecule has 0 radical (unpaired) electrons. The van der Waals surface area contributed by atoms with Gasteiger partial charge in [-0.15, -0.1) is 11.3 Å².